The minimum Gasteiger partial charge on any atom is -0.464 e. The highest BCUT2D eigenvalue weighted by Gasteiger charge is 2.19. The van der Waals surface area contributed by atoms with Crippen molar-refractivity contribution in [3.8, 4) is 6.07 Å². The first kappa shape index (κ1) is 19.9. The van der Waals surface area contributed by atoms with Crippen molar-refractivity contribution < 1.29 is 23.5 Å². The molecule has 0 radical (unpaired) electrons. The number of rotatable bonds is 8. The van der Waals surface area contributed by atoms with Crippen molar-refractivity contribution in [3.05, 3.63) is 47.7 Å². The summed E-state index contributed by atoms with van der Waals surface area (Å²) in [6.07, 6.45) is 1.79. The molecule has 142 valence electrons. The molecule has 0 atom stereocenters. The number of nitrogens with one attached hydrogen (secondary N) is 1. The number of hydrogen-bond donors (Lipinski definition) is 1. The van der Waals surface area contributed by atoms with Gasteiger partial charge in [-0.25, -0.2) is 14.6 Å². The quantitative estimate of drug-likeness (QED) is 0.558. The van der Waals surface area contributed by atoms with Gasteiger partial charge in [0.25, 0.3) is 0 Å². The number of hydrogen-bond acceptors (Lipinski definition) is 7. The summed E-state index contributed by atoms with van der Waals surface area (Å²) in [5.41, 5.74) is 0.971. The lowest BCUT2D eigenvalue weighted by molar-refractivity contribution is 0.0594. The number of esters is 1. The number of methoxy groups -OCH3 is 2. The summed E-state index contributed by atoms with van der Waals surface area (Å²) < 4.78 is 14.9. The summed E-state index contributed by atoms with van der Waals surface area (Å²) in [4.78, 5) is 29.6. The predicted molar refractivity (Wildman–Crippen MR) is 94.9 cm³/mol. The molecule has 0 saturated heterocycles. The molecule has 9 heteroatoms. The van der Waals surface area contributed by atoms with Gasteiger partial charge in [-0.15, -0.1) is 0 Å². The molecule has 2 aromatic rings. The lowest BCUT2D eigenvalue weighted by Crippen LogP contribution is -2.35. The summed E-state index contributed by atoms with van der Waals surface area (Å²) in [6.45, 7) is 0.921. The van der Waals surface area contributed by atoms with Gasteiger partial charge in [-0.3, -0.25) is 0 Å². The zero-order valence-corrected chi connectivity index (χ0v) is 15.1. The number of nitriles is 1. The normalized spacial score (nSPS) is 10.1. The van der Waals surface area contributed by atoms with Crippen LogP contribution in [0.2, 0.25) is 0 Å². The molecular weight excluding hydrogens is 352 g/mol. The van der Waals surface area contributed by atoms with Gasteiger partial charge in [-0.2, -0.15) is 5.26 Å². The van der Waals surface area contributed by atoms with Crippen molar-refractivity contribution in [2.45, 2.75) is 13.0 Å². The standard InChI is InChI=1S/C18H20N4O5/c1-25-8-4-7-22(11-16-21-15(12-27-16)17(23)26-2)18(24)20-14-6-3-5-13(9-14)10-19/h3,5-6,9,12H,4,7-8,11H2,1-2H3,(H,20,24). The van der Waals surface area contributed by atoms with Crippen LogP contribution in [0.5, 0.6) is 0 Å². The van der Waals surface area contributed by atoms with E-state index in [-0.39, 0.29) is 24.2 Å². The molecule has 0 spiro atoms. The number of benzene rings is 1. The molecule has 2 amide bonds. The first-order chi connectivity index (χ1) is 13.1. The largest absolute Gasteiger partial charge is 0.464 e. The van der Waals surface area contributed by atoms with Gasteiger partial charge in [0.2, 0.25) is 5.89 Å². The van der Waals surface area contributed by atoms with E-state index >= 15 is 0 Å². The Morgan fingerprint density at radius 1 is 1.37 bits per heavy atom. The zero-order valence-electron chi connectivity index (χ0n) is 15.1. The third kappa shape index (κ3) is 5.83. The Balaban J connectivity index is 2.10. The van der Waals surface area contributed by atoms with Crippen LogP contribution in [0.15, 0.2) is 34.9 Å². The molecule has 1 N–H and O–H groups in total. The van der Waals surface area contributed by atoms with Gasteiger partial charge in [0.15, 0.2) is 5.69 Å². The van der Waals surface area contributed by atoms with Crippen LogP contribution in [0.4, 0.5) is 10.5 Å². The van der Waals surface area contributed by atoms with Crippen molar-refractivity contribution in [2.24, 2.45) is 0 Å². The van der Waals surface area contributed by atoms with E-state index in [9.17, 15) is 9.59 Å². The van der Waals surface area contributed by atoms with Crippen LogP contribution in [0, 0.1) is 11.3 Å². The van der Waals surface area contributed by atoms with E-state index < -0.39 is 5.97 Å². The molecule has 9 nitrogen and oxygen atoms in total. The van der Waals surface area contributed by atoms with Crippen LogP contribution >= 0.6 is 0 Å². The summed E-state index contributed by atoms with van der Waals surface area (Å²) in [5.74, 6) is -0.414. The molecule has 1 aromatic heterocycles. The number of carbonyl (C=O) groups excluding carboxylic acids is 2. The van der Waals surface area contributed by atoms with Crippen LogP contribution < -0.4 is 5.32 Å². The van der Waals surface area contributed by atoms with Gasteiger partial charge >= 0.3 is 12.0 Å². The maximum absolute atomic E-state index is 12.6. The van der Waals surface area contributed by atoms with Crippen molar-refractivity contribution in [2.75, 3.05) is 32.7 Å². The van der Waals surface area contributed by atoms with E-state index in [2.05, 4.69) is 15.0 Å². The summed E-state index contributed by atoms with van der Waals surface area (Å²) in [5, 5.41) is 11.7. The number of carbonyl (C=O) groups is 2. The van der Waals surface area contributed by atoms with Crippen LogP contribution in [0.3, 0.4) is 0 Å². The number of oxazole rings is 1. The monoisotopic (exact) mass is 372 g/mol. The van der Waals surface area contributed by atoms with E-state index in [0.717, 1.165) is 0 Å². The van der Waals surface area contributed by atoms with Crippen LogP contribution in [-0.2, 0) is 16.0 Å². The second-order valence-corrected chi connectivity index (χ2v) is 5.51. The van der Waals surface area contributed by atoms with Gasteiger partial charge in [-0.1, -0.05) is 6.07 Å². The lowest BCUT2D eigenvalue weighted by atomic mass is 10.2. The number of urea groups is 1. The fraction of sp³-hybridized carbons (Fsp3) is 0.333. The highest BCUT2D eigenvalue weighted by molar-refractivity contribution is 5.89. The van der Waals surface area contributed by atoms with Crippen LogP contribution in [0.25, 0.3) is 0 Å². The van der Waals surface area contributed by atoms with E-state index in [1.807, 2.05) is 6.07 Å². The Kier molecular flexibility index (Phi) is 7.34. The van der Waals surface area contributed by atoms with Gasteiger partial charge in [-0.05, 0) is 24.6 Å². The van der Waals surface area contributed by atoms with E-state index in [4.69, 9.17) is 14.4 Å². The Bertz CT molecular complexity index is 827. The topological polar surface area (TPSA) is 118 Å². The minimum absolute atomic E-state index is 0.0338. The Morgan fingerprint density at radius 2 is 2.19 bits per heavy atom. The number of amides is 2. The smallest absolute Gasteiger partial charge is 0.360 e. The van der Waals surface area contributed by atoms with E-state index in [1.54, 1.807) is 31.4 Å². The lowest BCUT2D eigenvalue weighted by Gasteiger charge is -2.21. The second-order valence-electron chi connectivity index (χ2n) is 5.51. The fourth-order valence-electron chi connectivity index (χ4n) is 2.27. The molecule has 0 aliphatic carbocycles. The van der Waals surface area contributed by atoms with Gasteiger partial charge < -0.3 is 24.1 Å². The Hall–Kier alpha value is -3.38. The molecule has 0 fully saturated rings. The van der Waals surface area contributed by atoms with Gasteiger partial charge in [0, 0.05) is 25.9 Å². The van der Waals surface area contributed by atoms with Crippen molar-refractivity contribution in [3.63, 3.8) is 0 Å². The Labute approximate surface area is 156 Å². The highest BCUT2D eigenvalue weighted by Crippen LogP contribution is 2.13. The first-order valence-electron chi connectivity index (χ1n) is 8.15. The third-order valence-electron chi connectivity index (χ3n) is 3.58. The first-order valence-corrected chi connectivity index (χ1v) is 8.15. The average molecular weight is 372 g/mol. The number of aromatic nitrogens is 1. The molecule has 27 heavy (non-hydrogen) atoms. The van der Waals surface area contributed by atoms with Crippen molar-refractivity contribution in [1.82, 2.24) is 9.88 Å². The molecular formula is C18H20N4O5. The molecule has 0 bridgehead atoms. The number of anilines is 1. The number of ether oxygens (including phenoxy) is 2. The predicted octanol–water partition coefficient (Wildman–Crippen LogP) is 2.40. The van der Waals surface area contributed by atoms with Gasteiger partial charge in [0.1, 0.15) is 6.26 Å². The number of nitrogens with zero attached hydrogens (tertiary/aromatic N) is 3. The average Bonchev–Trinajstić information content (AvgIpc) is 3.15. The summed E-state index contributed by atoms with van der Waals surface area (Å²) >= 11 is 0. The molecule has 1 heterocycles. The molecule has 0 aliphatic rings. The van der Waals surface area contributed by atoms with E-state index in [1.165, 1.54) is 18.3 Å². The van der Waals surface area contributed by atoms with Crippen LogP contribution in [0.1, 0.15) is 28.4 Å². The van der Waals surface area contributed by atoms with Gasteiger partial charge in [0.05, 0.1) is 25.3 Å². The fourth-order valence-corrected chi connectivity index (χ4v) is 2.27. The van der Waals surface area contributed by atoms with E-state index in [0.29, 0.717) is 30.8 Å². The maximum atomic E-state index is 12.6. The van der Waals surface area contributed by atoms with Crippen molar-refractivity contribution >= 4 is 17.7 Å². The highest BCUT2D eigenvalue weighted by atomic mass is 16.5. The minimum atomic E-state index is -0.617. The molecule has 1 aromatic carbocycles. The molecule has 0 saturated carbocycles. The maximum Gasteiger partial charge on any atom is 0.360 e. The zero-order chi connectivity index (χ0) is 19.6. The summed E-state index contributed by atoms with van der Waals surface area (Å²) in [6, 6.07) is 8.22. The summed E-state index contributed by atoms with van der Waals surface area (Å²) in [7, 11) is 2.82. The van der Waals surface area contributed by atoms with Crippen molar-refractivity contribution in [1.29, 1.82) is 5.26 Å². The SMILES string of the molecule is COCCCN(Cc1nc(C(=O)OC)co1)C(=O)Nc1cccc(C#N)c1. The molecule has 2 rings (SSSR count). The Morgan fingerprint density at radius 3 is 2.89 bits per heavy atom. The molecule has 0 unspecified atom stereocenters. The van der Waals surface area contributed by atoms with Crippen LogP contribution in [-0.4, -0.2) is 49.3 Å². The molecule has 0 aliphatic heterocycles. The second kappa shape index (κ2) is 9.94. The third-order valence-corrected chi connectivity index (χ3v) is 3.58.